The first-order valence-electron chi connectivity index (χ1n) is 9.79. The lowest BCUT2D eigenvalue weighted by molar-refractivity contribution is 0.0954. The summed E-state index contributed by atoms with van der Waals surface area (Å²) in [5, 5.41) is 9.48. The number of carbonyl (C=O) groups is 1. The van der Waals surface area contributed by atoms with E-state index in [1.807, 2.05) is 30.3 Å². The summed E-state index contributed by atoms with van der Waals surface area (Å²) in [5.74, 6) is 0.739. The molecule has 1 aliphatic rings. The van der Waals surface area contributed by atoms with Crippen LogP contribution in [0.4, 0.5) is 0 Å². The van der Waals surface area contributed by atoms with Gasteiger partial charge in [-0.05, 0) is 51.0 Å². The third-order valence-corrected chi connectivity index (χ3v) is 4.60. The van der Waals surface area contributed by atoms with Gasteiger partial charge in [0.1, 0.15) is 0 Å². The van der Waals surface area contributed by atoms with Crippen LogP contribution in [0.5, 0.6) is 0 Å². The Labute approximate surface area is 157 Å². The van der Waals surface area contributed by atoms with E-state index in [0.29, 0.717) is 18.7 Å². The molecule has 6 heteroatoms. The topological polar surface area (TPSA) is 68.8 Å². The van der Waals surface area contributed by atoms with Crippen molar-refractivity contribution >= 4 is 11.9 Å². The van der Waals surface area contributed by atoms with E-state index in [-0.39, 0.29) is 5.91 Å². The molecule has 26 heavy (non-hydrogen) atoms. The van der Waals surface area contributed by atoms with Crippen molar-refractivity contribution in [3.8, 4) is 0 Å². The maximum absolute atomic E-state index is 12.0. The van der Waals surface area contributed by atoms with Crippen LogP contribution in [0.25, 0.3) is 0 Å². The van der Waals surface area contributed by atoms with Gasteiger partial charge in [-0.1, -0.05) is 31.0 Å². The fourth-order valence-electron chi connectivity index (χ4n) is 3.14. The van der Waals surface area contributed by atoms with Crippen LogP contribution in [-0.2, 0) is 0 Å². The Bertz CT molecular complexity index is 538. The third kappa shape index (κ3) is 7.87. The van der Waals surface area contributed by atoms with E-state index in [9.17, 15) is 4.79 Å². The second-order valence-corrected chi connectivity index (χ2v) is 6.66. The van der Waals surface area contributed by atoms with E-state index < -0.39 is 0 Å². The predicted octanol–water partition coefficient (Wildman–Crippen LogP) is 1.85. The summed E-state index contributed by atoms with van der Waals surface area (Å²) in [6.45, 7) is 5.75. The highest BCUT2D eigenvalue weighted by Gasteiger charge is 2.08. The van der Waals surface area contributed by atoms with E-state index in [1.165, 1.54) is 38.8 Å². The number of aliphatic imine (C=N–C) groups is 1. The van der Waals surface area contributed by atoms with Crippen molar-refractivity contribution in [2.45, 2.75) is 32.1 Å². The zero-order chi connectivity index (χ0) is 18.5. The molecule has 0 spiro atoms. The molecular formula is C20H33N5O. The minimum atomic E-state index is -0.0483. The summed E-state index contributed by atoms with van der Waals surface area (Å²) in [7, 11) is 1.77. The quantitative estimate of drug-likeness (QED) is 0.376. The second-order valence-electron chi connectivity index (χ2n) is 6.66. The normalized spacial score (nSPS) is 16.0. The largest absolute Gasteiger partial charge is 0.356 e. The molecule has 1 fully saturated rings. The highest BCUT2D eigenvalue weighted by atomic mass is 16.1. The van der Waals surface area contributed by atoms with Crippen molar-refractivity contribution in [2.24, 2.45) is 4.99 Å². The zero-order valence-electron chi connectivity index (χ0n) is 16.0. The van der Waals surface area contributed by atoms with Gasteiger partial charge >= 0.3 is 0 Å². The van der Waals surface area contributed by atoms with Crippen LogP contribution >= 0.6 is 0 Å². The molecule has 0 atom stereocenters. The molecule has 0 aromatic heterocycles. The summed E-state index contributed by atoms with van der Waals surface area (Å²) in [6, 6.07) is 9.26. The maximum atomic E-state index is 12.0. The lowest BCUT2D eigenvalue weighted by Crippen LogP contribution is -2.42. The van der Waals surface area contributed by atoms with Gasteiger partial charge in [-0.15, -0.1) is 0 Å². The van der Waals surface area contributed by atoms with Gasteiger partial charge in [-0.3, -0.25) is 9.79 Å². The molecule has 0 bridgehead atoms. The Morgan fingerprint density at radius 1 is 0.962 bits per heavy atom. The van der Waals surface area contributed by atoms with Crippen LogP contribution in [0.3, 0.4) is 0 Å². The van der Waals surface area contributed by atoms with Crippen molar-refractivity contribution < 1.29 is 4.79 Å². The Hall–Kier alpha value is -2.08. The molecule has 2 rings (SSSR count). The number of nitrogens with one attached hydrogen (secondary N) is 3. The second kappa shape index (κ2) is 12.3. The van der Waals surface area contributed by atoms with E-state index in [4.69, 9.17) is 0 Å². The molecule has 0 unspecified atom stereocenters. The molecule has 1 aromatic rings. The number of guanidine groups is 1. The number of likely N-dealkylation sites (tertiary alicyclic amines) is 1. The van der Waals surface area contributed by atoms with Gasteiger partial charge in [0.25, 0.3) is 5.91 Å². The number of carbonyl (C=O) groups excluding carboxylic acids is 1. The standard InChI is InChI=1S/C20H33N5O/c1-21-20(23-12-9-17-25-15-7-2-3-8-16-25)24-14-13-22-19(26)18-10-5-4-6-11-18/h4-6,10-11H,2-3,7-9,12-17H2,1H3,(H,22,26)(H2,21,23,24). The minimum Gasteiger partial charge on any atom is -0.356 e. The summed E-state index contributed by atoms with van der Waals surface area (Å²) >= 11 is 0. The van der Waals surface area contributed by atoms with Crippen LogP contribution in [0.15, 0.2) is 35.3 Å². The molecule has 1 heterocycles. The van der Waals surface area contributed by atoms with Crippen molar-refractivity contribution in [2.75, 3.05) is 46.3 Å². The van der Waals surface area contributed by atoms with Crippen molar-refractivity contribution in [1.29, 1.82) is 0 Å². The Kier molecular flexibility index (Phi) is 9.57. The van der Waals surface area contributed by atoms with Gasteiger partial charge in [0.15, 0.2) is 5.96 Å². The predicted molar refractivity (Wildman–Crippen MR) is 108 cm³/mol. The minimum absolute atomic E-state index is 0.0483. The fourth-order valence-corrected chi connectivity index (χ4v) is 3.14. The molecule has 1 amide bonds. The zero-order valence-corrected chi connectivity index (χ0v) is 16.0. The van der Waals surface area contributed by atoms with Crippen LogP contribution < -0.4 is 16.0 Å². The first-order valence-corrected chi connectivity index (χ1v) is 9.79. The molecule has 0 saturated carbocycles. The van der Waals surface area contributed by atoms with E-state index in [2.05, 4.69) is 25.8 Å². The number of rotatable bonds is 8. The third-order valence-electron chi connectivity index (χ3n) is 4.60. The van der Waals surface area contributed by atoms with Crippen LogP contribution in [-0.4, -0.2) is 63.1 Å². The van der Waals surface area contributed by atoms with Crippen molar-refractivity contribution in [1.82, 2.24) is 20.9 Å². The van der Waals surface area contributed by atoms with Gasteiger partial charge < -0.3 is 20.9 Å². The summed E-state index contributed by atoms with van der Waals surface area (Å²) in [4.78, 5) is 18.8. The van der Waals surface area contributed by atoms with Crippen LogP contribution in [0, 0.1) is 0 Å². The number of hydrogen-bond acceptors (Lipinski definition) is 3. The van der Waals surface area contributed by atoms with Crippen LogP contribution in [0.1, 0.15) is 42.5 Å². The van der Waals surface area contributed by atoms with Crippen molar-refractivity contribution in [3.05, 3.63) is 35.9 Å². The molecule has 0 aliphatic carbocycles. The van der Waals surface area contributed by atoms with Gasteiger partial charge in [0.05, 0.1) is 0 Å². The number of benzene rings is 1. The molecular weight excluding hydrogens is 326 g/mol. The Morgan fingerprint density at radius 2 is 1.62 bits per heavy atom. The lowest BCUT2D eigenvalue weighted by atomic mass is 10.2. The molecule has 3 N–H and O–H groups in total. The SMILES string of the molecule is CN=C(NCCCN1CCCCCC1)NCCNC(=O)c1ccccc1. The fraction of sp³-hybridized carbons (Fsp3) is 0.600. The summed E-state index contributed by atoms with van der Waals surface area (Å²) < 4.78 is 0. The lowest BCUT2D eigenvalue weighted by Gasteiger charge is -2.20. The average molecular weight is 360 g/mol. The highest BCUT2D eigenvalue weighted by Crippen LogP contribution is 2.09. The Balaban J connectivity index is 1.54. The van der Waals surface area contributed by atoms with E-state index in [1.54, 1.807) is 7.05 Å². The smallest absolute Gasteiger partial charge is 0.251 e. The molecule has 1 saturated heterocycles. The molecule has 0 radical (unpaired) electrons. The summed E-state index contributed by atoms with van der Waals surface area (Å²) in [6.07, 6.45) is 6.56. The molecule has 1 aromatic carbocycles. The molecule has 6 nitrogen and oxygen atoms in total. The van der Waals surface area contributed by atoms with Gasteiger partial charge in [-0.25, -0.2) is 0 Å². The van der Waals surface area contributed by atoms with E-state index >= 15 is 0 Å². The highest BCUT2D eigenvalue weighted by molar-refractivity contribution is 5.94. The summed E-state index contributed by atoms with van der Waals surface area (Å²) in [5.41, 5.74) is 0.684. The average Bonchev–Trinajstić information content (AvgIpc) is 2.96. The van der Waals surface area contributed by atoms with Gasteiger partial charge in [-0.2, -0.15) is 0 Å². The Morgan fingerprint density at radius 3 is 2.31 bits per heavy atom. The first kappa shape index (κ1) is 20.2. The number of amides is 1. The first-order chi connectivity index (χ1) is 12.8. The van der Waals surface area contributed by atoms with E-state index in [0.717, 1.165) is 25.5 Å². The van der Waals surface area contributed by atoms with Gasteiger partial charge in [0.2, 0.25) is 0 Å². The van der Waals surface area contributed by atoms with Gasteiger partial charge in [0, 0.05) is 32.2 Å². The van der Waals surface area contributed by atoms with Crippen molar-refractivity contribution in [3.63, 3.8) is 0 Å². The molecule has 144 valence electrons. The number of nitrogens with zero attached hydrogens (tertiary/aromatic N) is 2. The monoisotopic (exact) mass is 359 g/mol. The van der Waals surface area contributed by atoms with Crippen LogP contribution in [0.2, 0.25) is 0 Å². The maximum Gasteiger partial charge on any atom is 0.251 e. The molecule has 1 aliphatic heterocycles. The number of hydrogen-bond donors (Lipinski definition) is 3.